The number of epoxide rings is 1. The number of esters is 4. The summed E-state index contributed by atoms with van der Waals surface area (Å²) in [6, 6.07) is 0. The van der Waals surface area contributed by atoms with Crippen molar-refractivity contribution in [1.82, 2.24) is 0 Å². The highest BCUT2D eigenvalue weighted by atomic mass is 16.7. The van der Waals surface area contributed by atoms with E-state index in [9.17, 15) is 19.2 Å². The number of carbonyl (C=O) groups is 4. The van der Waals surface area contributed by atoms with Gasteiger partial charge in [0.15, 0.2) is 0 Å². The minimum atomic E-state index is -0.941. The second-order valence-corrected chi connectivity index (χ2v) is 9.66. The Morgan fingerprint density at radius 3 is 2.23 bits per heavy atom. The first-order chi connectivity index (χ1) is 16.3. The first kappa shape index (κ1) is 26.7. The van der Waals surface area contributed by atoms with Crippen LogP contribution in [0.3, 0.4) is 0 Å². The second kappa shape index (κ2) is 10.4. The molecule has 2 heterocycles. The van der Waals surface area contributed by atoms with E-state index in [1.165, 1.54) is 20.8 Å². The van der Waals surface area contributed by atoms with Crippen molar-refractivity contribution < 1.29 is 42.9 Å². The molecule has 35 heavy (non-hydrogen) atoms. The average Bonchev–Trinajstić information content (AvgIpc) is 3.34. The molecule has 1 unspecified atom stereocenters. The van der Waals surface area contributed by atoms with Gasteiger partial charge in [0.25, 0.3) is 0 Å². The number of rotatable bonds is 3. The van der Waals surface area contributed by atoms with Gasteiger partial charge in [-0.1, -0.05) is 24.3 Å². The molecule has 0 N–H and O–H groups in total. The van der Waals surface area contributed by atoms with Crippen LogP contribution in [0.4, 0.5) is 0 Å². The van der Waals surface area contributed by atoms with Crippen molar-refractivity contribution in [1.29, 1.82) is 0 Å². The SMILES string of the molecule is C=C1C(=O)O[C@H]2C1[C@H](OC(C)=O)C/C(C)=C/C[C@H](OC(C)=O)/C(C)=C/C[C@@H](OC(C)=O)[C@]1(C)O[C@@H]21. The average molecular weight is 491 g/mol. The normalized spacial score (nSPS) is 38.2. The molecule has 0 amide bonds. The van der Waals surface area contributed by atoms with E-state index < -0.39 is 65.9 Å². The van der Waals surface area contributed by atoms with Crippen LogP contribution in [0.2, 0.25) is 0 Å². The largest absolute Gasteiger partial charge is 0.461 e. The van der Waals surface area contributed by atoms with Crippen LogP contribution in [-0.2, 0) is 42.9 Å². The lowest BCUT2D eigenvalue weighted by Crippen LogP contribution is -2.41. The van der Waals surface area contributed by atoms with Crippen molar-refractivity contribution in [3.63, 3.8) is 0 Å². The third kappa shape index (κ3) is 6.01. The molecule has 0 bridgehead atoms. The summed E-state index contributed by atoms with van der Waals surface area (Å²) in [5.74, 6) is -2.60. The molecular formula is C26H34O9. The van der Waals surface area contributed by atoms with E-state index in [2.05, 4.69) is 6.58 Å². The molecule has 2 saturated heterocycles. The van der Waals surface area contributed by atoms with Crippen molar-refractivity contribution in [2.24, 2.45) is 5.92 Å². The smallest absolute Gasteiger partial charge is 0.334 e. The van der Waals surface area contributed by atoms with Crippen LogP contribution in [0.5, 0.6) is 0 Å². The molecule has 9 heteroatoms. The van der Waals surface area contributed by atoms with E-state index >= 15 is 0 Å². The molecule has 2 fully saturated rings. The van der Waals surface area contributed by atoms with Crippen LogP contribution >= 0.6 is 0 Å². The number of hydrogen-bond acceptors (Lipinski definition) is 9. The Kier molecular flexibility index (Phi) is 7.89. The van der Waals surface area contributed by atoms with Crippen LogP contribution in [0.1, 0.15) is 60.8 Å². The molecule has 0 aromatic heterocycles. The van der Waals surface area contributed by atoms with Gasteiger partial charge in [0.2, 0.25) is 0 Å². The van der Waals surface area contributed by atoms with E-state index in [0.717, 1.165) is 11.1 Å². The van der Waals surface area contributed by atoms with E-state index in [-0.39, 0.29) is 5.57 Å². The molecule has 192 valence electrons. The summed E-state index contributed by atoms with van der Waals surface area (Å²) in [7, 11) is 0. The van der Waals surface area contributed by atoms with Crippen LogP contribution in [0, 0.1) is 5.92 Å². The van der Waals surface area contributed by atoms with Gasteiger partial charge in [0.05, 0.1) is 5.92 Å². The van der Waals surface area contributed by atoms with Crippen molar-refractivity contribution in [3.8, 4) is 0 Å². The third-order valence-electron chi connectivity index (χ3n) is 6.79. The Balaban J connectivity index is 2.06. The molecule has 3 rings (SSSR count). The summed E-state index contributed by atoms with van der Waals surface area (Å²) in [5.41, 5.74) is 0.954. The predicted molar refractivity (Wildman–Crippen MR) is 124 cm³/mol. The highest BCUT2D eigenvalue weighted by Crippen LogP contribution is 2.50. The van der Waals surface area contributed by atoms with Gasteiger partial charge in [-0.2, -0.15) is 0 Å². The summed E-state index contributed by atoms with van der Waals surface area (Å²) in [5, 5.41) is 0. The number of ether oxygens (including phenoxy) is 5. The van der Waals surface area contributed by atoms with Gasteiger partial charge in [-0.05, 0) is 26.3 Å². The van der Waals surface area contributed by atoms with Crippen LogP contribution in [-0.4, -0.2) is 60.0 Å². The monoisotopic (exact) mass is 490 g/mol. The fourth-order valence-electron chi connectivity index (χ4n) is 4.90. The van der Waals surface area contributed by atoms with Gasteiger partial charge in [0.1, 0.15) is 36.1 Å². The predicted octanol–water partition coefficient (Wildman–Crippen LogP) is 3.11. The number of hydrogen-bond donors (Lipinski definition) is 0. The standard InChI is InChI=1S/C26H34O9/c1-13-8-10-19(31-16(4)27)14(2)9-11-21(33-18(6)29)26(7)24(35-26)23-22(15(3)25(30)34-23)20(12-13)32-17(5)28/h8-9,19-24H,3,10-12H2,1-2,4-7H3/b13-8+,14-9+/t19-,20+,21+,22?,23-,24-,26-/m0/s1. The lowest BCUT2D eigenvalue weighted by atomic mass is 9.82. The van der Waals surface area contributed by atoms with Crippen molar-refractivity contribution in [2.75, 3.05) is 0 Å². The molecular weight excluding hydrogens is 456 g/mol. The van der Waals surface area contributed by atoms with E-state index in [0.29, 0.717) is 19.3 Å². The minimum Gasteiger partial charge on any atom is -0.461 e. The fraction of sp³-hybridized carbons (Fsp3) is 0.615. The van der Waals surface area contributed by atoms with Crippen LogP contribution < -0.4 is 0 Å². The zero-order chi connectivity index (χ0) is 26.1. The zero-order valence-corrected chi connectivity index (χ0v) is 21.1. The molecule has 3 aliphatic rings. The molecule has 0 radical (unpaired) electrons. The van der Waals surface area contributed by atoms with E-state index in [1.807, 2.05) is 26.0 Å². The highest BCUT2D eigenvalue weighted by molar-refractivity contribution is 5.91. The first-order valence-electron chi connectivity index (χ1n) is 11.7. The van der Waals surface area contributed by atoms with Gasteiger partial charge < -0.3 is 23.7 Å². The molecule has 1 aliphatic carbocycles. The maximum absolute atomic E-state index is 12.5. The van der Waals surface area contributed by atoms with Gasteiger partial charge in [-0.25, -0.2) is 4.79 Å². The Hall–Kier alpha value is -2.94. The quantitative estimate of drug-likeness (QED) is 0.193. The number of fused-ring (bicyclic) bond motifs is 3. The van der Waals surface area contributed by atoms with Crippen LogP contribution in [0.15, 0.2) is 35.5 Å². The first-order valence-corrected chi connectivity index (χ1v) is 11.7. The molecule has 0 spiro atoms. The number of carbonyl (C=O) groups excluding carboxylic acids is 4. The molecule has 0 saturated carbocycles. The summed E-state index contributed by atoms with van der Waals surface area (Å²) in [4.78, 5) is 48.1. The Labute approximate surface area is 205 Å². The maximum Gasteiger partial charge on any atom is 0.334 e. The highest BCUT2D eigenvalue weighted by Gasteiger charge is 2.67. The van der Waals surface area contributed by atoms with Crippen molar-refractivity contribution >= 4 is 23.9 Å². The molecule has 9 nitrogen and oxygen atoms in total. The topological polar surface area (TPSA) is 118 Å². The molecule has 0 aromatic rings. The summed E-state index contributed by atoms with van der Waals surface area (Å²) < 4.78 is 28.5. The summed E-state index contributed by atoms with van der Waals surface area (Å²) >= 11 is 0. The van der Waals surface area contributed by atoms with Crippen molar-refractivity contribution in [2.45, 2.75) is 96.9 Å². The molecule has 2 aliphatic heterocycles. The molecule has 0 aromatic carbocycles. The lowest BCUT2D eigenvalue weighted by molar-refractivity contribution is -0.152. The Morgan fingerprint density at radius 1 is 1.00 bits per heavy atom. The van der Waals surface area contributed by atoms with Crippen molar-refractivity contribution in [3.05, 3.63) is 35.5 Å². The zero-order valence-electron chi connectivity index (χ0n) is 21.1. The van der Waals surface area contributed by atoms with E-state index in [4.69, 9.17) is 23.7 Å². The summed E-state index contributed by atoms with van der Waals surface area (Å²) in [6.07, 6.45) is 1.56. The van der Waals surface area contributed by atoms with Gasteiger partial charge >= 0.3 is 23.9 Å². The minimum absolute atomic E-state index is 0.205. The lowest BCUT2D eigenvalue weighted by Gasteiger charge is -2.28. The molecule has 7 atom stereocenters. The van der Waals surface area contributed by atoms with Gasteiger partial charge in [0, 0.05) is 45.6 Å². The Bertz CT molecular complexity index is 977. The maximum atomic E-state index is 12.5. The third-order valence-corrected chi connectivity index (χ3v) is 6.79. The van der Waals surface area contributed by atoms with E-state index in [1.54, 1.807) is 6.92 Å². The second-order valence-electron chi connectivity index (χ2n) is 9.66. The Morgan fingerprint density at radius 2 is 1.63 bits per heavy atom. The summed E-state index contributed by atoms with van der Waals surface area (Å²) in [6.45, 7) is 13.4. The van der Waals surface area contributed by atoms with Crippen LogP contribution in [0.25, 0.3) is 0 Å². The fourth-order valence-corrected chi connectivity index (χ4v) is 4.90. The van der Waals surface area contributed by atoms with Gasteiger partial charge in [-0.3, -0.25) is 14.4 Å². The van der Waals surface area contributed by atoms with Gasteiger partial charge in [-0.15, -0.1) is 0 Å².